The first-order valence-electron chi connectivity index (χ1n) is 10.9. The zero-order chi connectivity index (χ0) is 25.1. The average molecular weight is 494 g/mol. The first-order valence-corrected chi connectivity index (χ1v) is 11.3. The van der Waals surface area contributed by atoms with Gasteiger partial charge >= 0.3 is 5.88 Å². The molecule has 0 saturated carbocycles. The van der Waals surface area contributed by atoms with Crippen LogP contribution in [0, 0.1) is 6.92 Å². The van der Waals surface area contributed by atoms with E-state index in [0.717, 1.165) is 5.56 Å². The zero-order valence-electron chi connectivity index (χ0n) is 19.5. The van der Waals surface area contributed by atoms with Crippen molar-refractivity contribution in [3.05, 3.63) is 71.4 Å². The van der Waals surface area contributed by atoms with Gasteiger partial charge in [0.15, 0.2) is 12.2 Å². The van der Waals surface area contributed by atoms with Gasteiger partial charge < -0.3 is 10.2 Å². The van der Waals surface area contributed by atoms with E-state index in [9.17, 15) is 14.4 Å². The number of hydrogen-bond donors (Lipinski definition) is 2. The molecule has 1 saturated heterocycles. The molecule has 11 heteroatoms. The summed E-state index contributed by atoms with van der Waals surface area (Å²) in [6, 6.07) is 15.3. The molecule has 4 rings (SSSR count). The third-order valence-corrected chi connectivity index (χ3v) is 6.24. The monoisotopic (exact) mass is 493 g/mol. The van der Waals surface area contributed by atoms with Gasteiger partial charge in [0.1, 0.15) is 12.6 Å². The maximum atomic E-state index is 12.9. The highest BCUT2D eigenvalue weighted by molar-refractivity contribution is 7.80. The second kappa shape index (κ2) is 10.0. The lowest BCUT2D eigenvalue weighted by molar-refractivity contribution is -0.746. The second-order valence-electron chi connectivity index (χ2n) is 8.23. The molecule has 0 radical (unpaired) electrons. The number of carbonyl (C=O) groups is 3. The van der Waals surface area contributed by atoms with Crippen LogP contribution in [0.2, 0.25) is 0 Å². The lowest BCUT2D eigenvalue weighted by atomic mass is 10.1. The van der Waals surface area contributed by atoms with Crippen molar-refractivity contribution >= 4 is 46.6 Å². The quantitative estimate of drug-likeness (QED) is 0.383. The third kappa shape index (κ3) is 5.19. The number of rotatable bonds is 7. The van der Waals surface area contributed by atoms with Gasteiger partial charge in [-0.15, -0.1) is 0 Å². The highest BCUT2D eigenvalue weighted by Crippen LogP contribution is 2.24. The lowest BCUT2D eigenvalue weighted by Crippen LogP contribution is -2.42. The molecule has 1 aliphatic rings. The van der Waals surface area contributed by atoms with Crippen LogP contribution in [0.4, 0.5) is 11.6 Å². The normalized spacial score (nSPS) is 15.5. The van der Waals surface area contributed by atoms with Gasteiger partial charge in [0.2, 0.25) is 11.2 Å². The van der Waals surface area contributed by atoms with Crippen molar-refractivity contribution in [3.8, 4) is 0 Å². The van der Waals surface area contributed by atoms with Crippen LogP contribution >= 0.6 is 12.2 Å². The van der Waals surface area contributed by atoms with Gasteiger partial charge in [-0.2, -0.15) is 0 Å². The molecule has 1 fully saturated rings. The highest BCUT2D eigenvalue weighted by atomic mass is 32.1. The molecule has 2 heterocycles. The molecule has 0 aliphatic carbocycles. The molecule has 3 aromatic rings. The van der Waals surface area contributed by atoms with Crippen LogP contribution in [0.5, 0.6) is 0 Å². The van der Waals surface area contributed by atoms with E-state index in [4.69, 9.17) is 16.7 Å². The second-order valence-corrected chi connectivity index (χ2v) is 8.60. The van der Waals surface area contributed by atoms with Gasteiger partial charge in [-0.1, -0.05) is 35.9 Å². The van der Waals surface area contributed by atoms with Crippen LogP contribution in [-0.4, -0.2) is 51.0 Å². The minimum Gasteiger partial charge on any atom is -0.326 e. The third-order valence-electron chi connectivity index (χ3n) is 5.73. The van der Waals surface area contributed by atoms with Crippen molar-refractivity contribution in [1.82, 2.24) is 15.1 Å². The number of carbonyl (C=O) groups excluding carboxylic acids is 3. The van der Waals surface area contributed by atoms with Gasteiger partial charge in [-0.3, -0.25) is 29.1 Å². The molecule has 10 nitrogen and oxygen atoms in total. The molecule has 2 aromatic carbocycles. The average Bonchev–Trinajstić information content (AvgIpc) is 3.28. The van der Waals surface area contributed by atoms with Crippen molar-refractivity contribution in [2.24, 2.45) is 7.05 Å². The fourth-order valence-corrected chi connectivity index (χ4v) is 4.00. The number of amides is 3. The fraction of sp³-hybridized carbons (Fsp3) is 0.250. The Balaban J connectivity index is 1.52. The number of nitrogens with one attached hydrogen (secondary N) is 2. The minimum absolute atomic E-state index is 0.0990. The molecule has 0 bridgehead atoms. The Morgan fingerprint density at radius 3 is 2.49 bits per heavy atom. The molecule has 1 unspecified atom stereocenters. The van der Waals surface area contributed by atoms with Crippen molar-refractivity contribution in [2.45, 2.75) is 25.9 Å². The Morgan fingerprint density at radius 1 is 1.11 bits per heavy atom. The summed E-state index contributed by atoms with van der Waals surface area (Å²) < 4.78 is 6.78. The molecule has 0 spiro atoms. The number of aromatic nitrogens is 2. The SMILES string of the molecule is Cc1ccc(NC(=O)CC2C(=O)N(C)C(=S)N2Cc2c(NC(=O)c3ccccc3)on[n+]2C)cc1. The molecule has 3 amide bonds. The van der Waals surface area contributed by atoms with Crippen molar-refractivity contribution in [2.75, 3.05) is 17.7 Å². The van der Waals surface area contributed by atoms with Crippen LogP contribution in [0.25, 0.3) is 0 Å². The van der Waals surface area contributed by atoms with Crippen LogP contribution < -0.4 is 15.3 Å². The minimum atomic E-state index is -0.814. The summed E-state index contributed by atoms with van der Waals surface area (Å²) in [5.41, 5.74) is 2.66. The standard InChI is InChI=1S/C24H24N6O4S/c1-15-9-11-17(12-10-15)25-20(31)13-18-23(33)28(2)24(35)30(18)14-19-22(34-27-29(19)3)26-21(32)16-7-5-4-6-8-16/h4-12,18H,13-14H2,1-3H3,(H-,25,26,27,31,32)/p+1. The van der Waals surface area contributed by atoms with E-state index in [2.05, 4.69) is 15.9 Å². The Morgan fingerprint density at radius 2 is 1.80 bits per heavy atom. The Labute approximate surface area is 207 Å². The number of nitrogens with zero attached hydrogens (tertiary/aromatic N) is 4. The van der Waals surface area contributed by atoms with Crippen LogP contribution in [-0.2, 0) is 23.2 Å². The van der Waals surface area contributed by atoms with Gasteiger partial charge in [-0.05, 0) is 48.1 Å². The fourth-order valence-electron chi connectivity index (χ4n) is 3.72. The molecule has 2 N–H and O–H groups in total. The van der Waals surface area contributed by atoms with Crippen molar-refractivity contribution in [3.63, 3.8) is 0 Å². The maximum absolute atomic E-state index is 12.9. The number of aryl methyl sites for hydroxylation is 2. The summed E-state index contributed by atoms with van der Waals surface area (Å²) >= 11 is 5.49. The number of thiocarbonyl (C=S) groups is 1. The lowest BCUT2D eigenvalue weighted by Gasteiger charge is -2.21. The summed E-state index contributed by atoms with van der Waals surface area (Å²) in [6.45, 7) is 2.06. The molecule has 35 heavy (non-hydrogen) atoms. The largest absolute Gasteiger partial charge is 0.326 e. The van der Waals surface area contributed by atoms with Crippen molar-refractivity contribution in [1.29, 1.82) is 0 Å². The summed E-state index contributed by atoms with van der Waals surface area (Å²) in [5, 5.41) is 9.70. The van der Waals surface area contributed by atoms with E-state index in [1.165, 1.54) is 9.58 Å². The molecule has 1 atom stereocenters. The molecule has 1 aromatic heterocycles. The van der Waals surface area contributed by atoms with Crippen LogP contribution in [0.3, 0.4) is 0 Å². The summed E-state index contributed by atoms with van der Waals surface area (Å²) in [5.74, 6) is -0.838. The van der Waals surface area contributed by atoms with Gasteiger partial charge in [-0.25, -0.2) is 0 Å². The number of hydrogen-bond acceptors (Lipinski definition) is 6. The van der Waals surface area contributed by atoms with Crippen molar-refractivity contribution < 1.29 is 23.6 Å². The predicted molar refractivity (Wildman–Crippen MR) is 131 cm³/mol. The van der Waals surface area contributed by atoms with Gasteiger partial charge in [0.25, 0.3) is 17.5 Å². The van der Waals surface area contributed by atoms with E-state index in [1.807, 2.05) is 25.1 Å². The van der Waals surface area contributed by atoms with E-state index >= 15 is 0 Å². The molecular formula is C24H25N6O4S+. The molecular weight excluding hydrogens is 468 g/mol. The Kier molecular flexibility index (Phi) is 6.87. The molecule has 180 valence electrons. The smallest absolute Gasteiger partial charge is 0.307 e. The predicted octanol–water partition coefficient (Wildman–Crippen LogP) is 2.02. The number of anilines is 2. The Hall–Kier alpha value is -4.12. The summed E-state index contributed by atoms with van der Waals surface area (Å²) in [6.07, 6.45) is -0.0993. The van der Waals surface area contributed by atoms with Gasteiger partial charge in [0.05, 0.1) is 6.42 Å². The summed E-state index contributed by atoms with van der Waals surface area (Å²) in [7, 11) is 3.22. The maximum Gasteiger partial charge on any atom is 0.307 e. The van der Waals surface area contributed by atoms with E-state index in [0.29, 0.717) is 16.9 Å². The van der Waals surface area contributed by atoms with E-state index in [1.54, 1.807) is 55.4 Å². The van der Waals surface area contributed by atoms with Crippen LogP contribution in [0.15, 0.2) is 59.1 Å². The zero-order valence-corrected chi connectivity index (χ0v) is 20.3. The number of benzene rings is 2. The number of likely N-dealkylation sites (N-methyl/N-ethyl adjacent to an activating group) is 1. The van der Waals surface area contributed by atoms with Gasteiger partial charge in [0, 0.05) is 18.3 Å². The van der Waals surface area contributed by atoms with Crippen LogP contribution in [0.1, 0.15) is 28.0 Å². The highest BCUT2D eigenvalue weighted by Gasteiger charge is 2.43. The van der Waals surface area contributed by atoms with E-state index in [-0.39, 0.29) is 41.7 Å². The first kappa shape index (κ1) is 24.0. The van der Waals surface area contributed by atoms with E-state index < -0.39 is 6.04 Å². The first-order chi connectivity index (χ1) is 16.7. The Bertz CT molecular complexity index is 1270. The topological polar surface area (TPSA) is 112 Å². The summed E-state index contributed by atoms with van der Waals surface area (Å²) in [4.78, 5) is 41.3. The molecule has 1 aliphatic heterocycles.